The molecule has 2 rings (SSSR count). The van der Waals surface area contributed by atoms with Crippen molar-refractivity contribution in [1.82, 2.24) is 0 Å². The lowest BCUT2D eigenvalue weighted by atomic mass is 9.84. The van der Waals surface area contributed by atoms with E-state index in [1.54, 1.807) is 0 Å². The van der Waals surface area contributed by atoms with Gasteiger partial charge in [0.05, 0.1) is 7.11 Å². The van der Waals surface area contributed by atoms with Crippen LogP contribution in [0.4, 0.5) is 0 Å². The van der Waals surface area contributed by atoms with Crippen LogP contribution in [0.25, 0.3) is 0 Å². The van der Waals surface area contributed by atoms with E-state index in [0.717, 1.165) is 19.3 Å². The molecule has 13 heavy (non-hydrogen) atoms. The maximum absolute atomic E-state index is 11.3. The Morgan fingerprint density at radius 3 is 2.92 bits per heavy atom. The fourth-order valence-electron chi connectivity index (χ4n) is 2.44. The number of methoxy groups -OCH3 is 1. The predicted octanol–water partition coefficient (Wildman–Crippen LogP) is 2.12. The van der Waals surface area contributed by atoms with E-state index in [0.29, 0.717) is 5.92 Å². The smallest absolute Gasteiger partial charge is 0.324 e. The Balaban J connectivity index is 2.16. The fraction of sp³-hybridized carbons (Fsp3) is 0.700. The van der Waals surface area contributed by atoms with Gasteiger partial charge in [-0.2, -0.15) is 0 Å². The monoisotopic (exact) mass is 200 g/mol. The number of fused-ring (bicyclic) bond motifs is 2. The first-order valence-electron chi connectivity index (χ1n) is 4.59. The molecule has 3 atom stereocenters. The highest BCUT2D eigenvalue weighted by molar-refractivity contribution is 6.30. The van der Waals surface area contributed by atoms with E-state index in [-0.39, 0.29) is 11.4 Å². The summed E-state index contributed by atoms with van der Waals surface area (Å²) in [5.74, 6) is 0.347. The summed E-state index contributed by atoms with van der Waals surface area (Å²) in [6, 6.07) is 0. The van der Waals surface area contributed by atoms with E-state index in [2.05, 4.69) is 16.9 Å². The molecule has 2 aliphatic carbocycles. The van der Waals surface area contributed by atoms with Crippen LogP contribution in [0, 0.1) is 11.3 Å². The van der Waals surface area contributed by atoms with E-state index in [9.17, 15) is 4.79 Å². The van der Waals surface area contributed by atoms with Crippen LogP contribution in [0.2, 0.25) is 0 Å². The number of allylic oxidation sites excluding steroid dienone is 2. The molecule has 3 heteroatoms. The summed E-state index contributed by atoms with van der Waals surface area (Å²) in [6.07, 6.45) is 7.50. The number of esters is 1. The first kappa shape index (κ1) is 9.07. The summed E-state index contributed by atoms with van der Waals surface area (Å²) in [6.45, 7) is 0. The van der Waals surface area contributed by atoms with Crippen LogP contribution < -0.4 is 0 Å². The number of hydrogen-bond acceptors (Lipinski definition) is 2. The lowest BCUT2D eigenvalue weighted by molar-refractivity contribution is -0.142. The highest BCUT2D eigenvalue weighted by atomic mass is 35.5. The summed E-state index contributed by atoms with van der Waals surface area (Å²) in [5.41, 5.74) is -0.0979. The topological polar surface area (TPSA) is 26.3 Å². The molecule has 1 saturated carbocycles. The largest absolute Gasteiger partial charge is 0.468 e. The number of ether oxygens (including phenoxy) is 1. The normalized spacial score (nSPS) is 37.8. The van der Waals surface area contributed by atoms with Gasteiger partial charge in [-0.25, -0.2) is 0 Å². The second-order valence-corrected chi connectivity index (χ2v) is 4.42. The second kappa shape index (κ2) is 3.02. The third-order valence-electron chi connectivity index (χ3n) is 3.24. The van der Waals surface area contributed by atoms with E-state index in [4.69, 9.17) is 11.6 Å². The zero-order valence-electron chi connectivity index (χ0n) is 7.63. The minimum absolute atomic E-state index is 0.0979. The van der Waals surface area contributed by atoms with Crippen molar-refractivity contribution < 1.29 is 9.53 Å². The predicted molar refractivity (Wildman–Crippen MR) is 50.6 cm³/mol. The van der Waals surface area contributed by atoms with Crippen molar-refractivity contribution in [1.29, 1.82) is 0 Å². The molecule has 2 nitrogen and oxygen atoms in total. The Labute approximate surface area is 82.9 Å². The molecule has 0 heterocycles. The standard InChI is InChI=1S/C10H13ClO2/c1-13-9(12)8(11)10-4-2-7(6-10)3-5-10/h2,4,7-8H,3,5-6H2,1H3. The molecule has 0 aromatic carbocycles. The van der Waals surface area contributed by atoms with Crippen molar-refractivity contribution >= 4 is 17.6 Å². The third-order valence-corrected chi connectivity index (χ3v) is 3.85. The van der Waals surface area contributed by atoms with Crippen molar-refractivity contribution in [3.63, 3.8) is 0 Å². The highest BCUT2D eigenvalue weighted by Gasteiger charge is 2.48. The molecule has 0 aromatic rings. The zero-order valence-corrected chi connectivity index (χ0v) is 8.38. The minimum Gasteiger partial charge on any atom is -0.468 e. The Morgan fingerprint density at radius 2 is 2.54 bits per heavy atom. The number of alkyl halides is 1. The van der Waals surface area contributed by atoms with Crippen molar-refractivity contribution in [2.45, 2.75) is 24.6 Å². The lowest BCUT2D eigenvalue weighted by Gasteiger charge is -2.26. The van der Waals surface area contributed by atoms with Crippen molar-refractivity contribution in [2.24, 2.45) is 11.3 Å². The van der Waals surface area contributed by atoms with Crippen LogP contribution in [-0.4, -0.2) is 18.5 Å². The Kier molecular flexibility index (Phi) is 2.11. The maximum atomic E-state index is 11.3. The van der Waals surface area contributed by atoms with Gasteiger partial charge in [0.15, 0.2) is 0 Å². The molecule has 0 aromatic heterocycles. The summed E-state index contributed by atoms with van der Waals surface area (Å²) in [7, 11) is 1.39. The van der Waals surface area contributed by atoms with Crippen LogP contribution in [0.3, 0.4) is 0 Å². The Hall–Kier alpha value is -0.500. The average Bonchev–Trinajstić information content (AvgIpc) is 2.76. The maximum Gasteiger partial charge on any atom is 0.324 e. The second-order valence-electron chi connectivity index (χ2n) is 3.98. The summed E-state index contributed by atoms with van der Waals surface area (Å²) < 4.78 is 4.67. The van der Waals surface area contributed by atoms with Gasteiger partial charge in [0.1, 0.15) is 5.38 Å². The summed E-state index contributed by atoms with van der Waals surface area (Å²) >= 11 is 6.10. The molecule has 0 saturated heterocycles. The third kappa shape index (κ3) is 1.28. The van der Waals surface area contributed by atoms with Crippen LogP contribution in [-0.2, 0) is 9.53 Å². The van der Waals surface area contributed by atoms with Gasteiger partial charge >= 0.3 is 5.97 Å². The van der Waals surface area contributed by atoms with Gasteiger partial charge < -0.3 is 4.74 Å². The van der Waals surface area contributed by atoms with Gasteiger partial charge in [0.2, 0.25) is 0 Å². The number of halogens is 1. The van der Waals surface area contributed by atoms with Crippen molar-refractivity contribution in [2.75, 3.05) is 7.11 Å². The number of carbonyl (C=O) groups is 1. The molecule has 0 radical (unpaired) electrons. The molecule has 2 aliphatic rings. The molecular weight excluding hydrogens is 188 g/mol. The van der Waals surface area contributed by atoms with E-state index in [1.807, 2.05) is 0 Å². The summed E-state index contributed by atoms with van der Waals surface area (Å²) in [5, 5.41) is -0.499. The molecule has 0 amide bonds. The zero-order chi connectivity index (χ0) is 9.47. The van der Waals surface area contributed by atoms with Crippen molar-refractivity contribution in [3.05, 3.63) is 12.2 Å². The first-order valence-corrected chi connectivity index (χ1v) is 5.03. The fourth-order valence-corrected chi connectivity index (χ4v) is 2.80. The number of hydrogen-bond donors (Lipinski definition) is 0. The van der Waals surface area contributed by atoms with Gasteiger partial charge in [-0.1, -0.05) is 12.2 Å². The Bertz CT molecular complexity index is 262. The average molecular weight is 201 g/mol. The summed E-state index contributed by atoms with van der Waals surface area (Å²) in [4.78, 5) is 11.3. The van der Waals surface area contributed by atoms with Gasteiger partial charge in [-0.3, -0.25) is 4.79 Å². The SMILES string of the molecule is COC(=O)C(Cl)C12C=CC(CC1)C2. The molecule has 1 fully saturated rings. The van der Waals surface area contributed by atoms with Gasteiger partial charge in [0, 0.05) is 5.41 Å². The Morgan fingerprint density at radius 1 is 1.77 bits per heavy atom. The molecule has 0 spiro atoms. The number of carbonyl (C=O) groups excluding carboxylic acids is 1. The minimum atomic E-state index is -0.499. The van der Waals surface area contributed by atoms with Crippen LogP contribution in [0.15, 0.2) is 12.2 Å². The van der Waals surface area contributed by atoms with Crippen molar-refractivity contribution in [3.8, 4) is 0 Å². The molecule has 0 N–H and O–H groups in total. The van der Waals surface area contributed by atoms with E-state index >= 15 is 0 Å². The lowest BCUT2D eigenvalue weighted by Crippen LogP contribution is -2.33. The van der Waals surface area contributed by atoms with Gasteiger partial charge in [-0.05, 0) is 25.2 Å². The molecule has 2 bridgehead atoms. The van der Waals surface area contributed by atoms with Gasteiger partial charge in [0.25, 0.3) is 0 Å². The first-order chi connectivity index (χ1) is 6.18. The van der Waals surface area contributed by atoms with E-state index in [1.165, 1.54) is 7.11 Å². The van der Waals surface area contributed by atoms with E-state index < -0.39 is 5.38 Å². The molecule has 72 valence electrons. The highest BCUT2D eigenvalue weighted by Crippen LogP contribution is 2.52. The molecular formula is C10H13ClO2. The van der Waals surface area contributed by atoms with Crippen LogP contribution in [0.5, 0.6) is 0 Å². The van der Waals surface area contributed by atoms with Crippen LogP contribution in [0.1, 0.15) is 19.3 Å². The number of rotatable bonds is 2. The quantitative estimate of drug-likeness (QED) is 0.388. The van der Waals surface area contributed by atoms with Gasteiger partial charge in [-0.15, -0.1) is 11.6 Å². The molecule has 3 unspecified atom stereocenters. The molecule has 0 aliphatic heterocycles. The van der Waals surface area contributed by atoms with Crippen LogP contribution >= 0.6 is 11.6 Å².